The number of nitrogens with zero attached hydrogens (tertiary/aromatic N) is 1. The minimum absolute atomic E-state index is 0.133. The number of nitrogens with one attached hydrogen (secondary N) is 1. The minimum Gasteiger partial charge on any atom is -0.493 e. The van der Waals surface area contributed by atoms with Gasteiger partial charge in [-0.1, -0.05) is 42.5 Å². The first-order valence-corrected chi connectivity index (χ1v) is 13.6. The Morgan fingerprint density at radius 1 is 0.762 bits per heavy atom. The maximum absolute atomic E-state index is 13.2. The summed E-state index contributed by atoms with van der Waals surface area (Å²) in [5.74, 6) is 1.06. The third-order valence-electron chi connectivity index (χ3n) is 7.28. The van der Waals surface area contributed by atoms with Gasteiger partial charge in [-0.2, -0.15) is 0 Å². The summed E-state index contributed by atoms with van der Waals surface area (Å²) < 4.78 is 16.6. The molecule has 0 bridgehead atoms. The van der Waals surface area contributed by atoms with Crippen molar-refractivity contribution in [3.63, 3.8) is 0 Å². The molecule has 0 saturated carbocycles. The molecule has 8 nitrogen and oxygen atoms in total. The van der Waals surface area contributed by atoms with Crippen LogP contribution < -0.4 is 19.5 Å². The second-order valence-corrected chi connectivity index (χ2v) is 10.0. The van der Waals surface area contributed by atoms with Gasteiger partial charge in [0, 0.05) is 41.0 Å². The van der Waals surface area contributed by atoms with Crippen molar-refractivity contribution in [3.8, 4) is 17.2 Å². The van der Waals surface area contributed by atoms with E-state index < -0.39 is 5.91 Å². The van der Waals surface area contributed by atoms with Crippen LogP contribution in [0.25, 0.3) is 0 Å². The molecular formula is C34H32N2O6. The SMILES string of the molecule is COc1ccc(CCN(C)CCOc2ccc(NC(=O)c3cccc4c3C(=O)c3ccccc3C4=O)cc2)cc1OC. The molecule has 8 heteroatoms. The van der Waals surface area contributed by atoms with Crippen molar-refractivity contribution in [3.05, 3.63) is 118 Å². The highest BCUT2D eigenvalue weighted by Crippen LogP contribution is 2.30. The quantitative estimate of drug-likeness (QED) is 0.233. The van der Waals surface area contributed by atoms with E-state index in [2.05, 4.69) is 10.2 Å². The summed E-state index contributed by atoms with van der Waals surface area (Å²) in [6, 6.07) is 24.4. The van der Waals surface area contributed by atoms with Crippen molar-refractivity contribution < 1.29 is 28.6 Å². The number of carbonyl (C=O) groups excluding carboxylic acids is 3. The van der Waals surface area contributed by atoms with E-state index in [0.717, 1.165) is 30.8 Å². The summed E-state index contributed by atoms with van der Waals surface area (Å²) in [5, 5.41) is 2.83. The van der Waals surface area contributed by atoms with Crippen LogP contribution in [0.3, 0.4) is 0 Å². The summed E-state index contributed by atoms with van der Waals surface area (Å²) >= 11 is 0. The summed E-state index contributed by atoms with van der Waals surface area (Å²) in [5.41, 5.74) is 2.91. The highest BCUT2D eigenvalue weighted by Gasteiger charge is 2.32. The molecule has 0 heterocycles. The first-order valence-electron chi connectivity index (χ1n) is 13.6. The molecule has 214 valence electrons. The van der Waals surface area contributed by atoms with Gasteiger partial charge in [-0.05, 0) is 61.5 Å². The van der Waals surface area contributed by atoms with Crippen LogP contribution in [0, 0.1) is 0 Å². The second kappa shape index (κ2) is 12.7. The summed E-state index contributed by atoms with van der Waals surface area (Å²) in [4.78, 5) is 41.6. The standard InChI is InChI=1S/C34H32N2O6/c1-36(18-17-22-11-16-29(40-2)30(21-22)41-3)19-20-42-24-14-12-23(13-15-24)35-34(39)28-10-6-9-27-31(28)33(38)26-8-5-4-7-25(26)32(27)37/h4-16,21H,17-20H2,1-3H3,(H,35,39). The Bertz CT molecular complexity index is 1630. The normalized spacial score (nSPS) is 12.0. The number of ketones is 2. The van der Waals surface area contributed by atoms with Crippen LogP contribution in [-0.4, -0.2) is 63.3 Å². The Balaban J connectivity index is 1.14. The van der Waals surface area contributed by atoms with Crippen LogP contribution in [0.1, 0.15) is 47.8 Å². The number of rotatable bonds is 11. The van der Waals surface area contributed by atoms with Crippen molar-refractivity contribution in [2.24, 2.45) is 0 Å². The smallest absolute Gasteiger partial charge is 0.256 e. The largest absolute Gasteiger partial charge is 0.493 e. The van der Waals surface area contributed by atoms with Gasteiger partial charge in [-0.3, -0.25) is 14.4 Å². The van der Waals surface area contributed by atoms with E-state index in [1.807, 2.05) is 25.2 Å². The molecule has 0 fully saturated rings. The van der Waals surface area contributed by atoms with Crippen molar-refractivity contribution >= 4 is 23.2 Å². The summed E-state index contributed by atoms with van der Waals surface area (Å²) in [6.07, 6.45) is 0.863. The lowest BCUT2D eigenvalue weighted by Crippen LogP contribution is -2.26. The molecule has 0 spiro atoms. The Morgan fingerprint density at radius 2 is 1.45 bits per heavy atom. The van der Waals surface area contributed by atoms with Crippen molar-refractivity contribution in [1.82, 2.24) is 4.90 Å². The molecule has 1 aliphatic carbocycles. The Labute approximate surface area is 244 Å². The fourth-order valence-electron chi connectivity index (χ4n) is 4.95. The lowest BCUT2D eigenvalue weighted by molar-refractivity contribution is 0.0969. The zero-order valence-corrected chi connectivity index (χ0v) is 23.8. The molecule has 42 heavy (non-hydrogen) atoms. The zero-order chi connectivity index (χ0) is 29.6. The highest BCUT2D eigenvalue weighted by atomic mass is 16.5. The molecular weight excluding hydrogens is 532 g/mol. The van der Waals surface area contributed by atoms with Crippen molar-refractivity contribution in [2.45, 2.75) is 6.42 Å². The third kappa shape index (κ3) is 6.04. The lowest BCUT2D eigenvalue weighted by Gasteiger charge is -2.20. The van der Waals surface area contributed by atoms with Crippen LogP contribution in [0.5, 0.6) is 17.2 Å². The predicted molar refractivity (Wildman–Crippen MR) is 160 cm³/mol. The Morgan fingerprint density at radius 3 is 2.17 bits per heavy atom. The molecule has 0 aliphatic heterocycles. The van der Waals surface area contributed by atoms with Crippen molar-refractivity contribution in [2.75, 3.05) is 46.3 Å². The molecule has 1 amide bonds. The molecule has 0 atom stereocenters. The molecule has 0 aromatic heterocycles. The fourth-order valence-corrected chi connectivity index (χ4v) is 4.95. The van der Waals surface area contributed by atoms with E-state index >= 15 is 0 Å². The molecule has 1 aliphatic rings. The van der Waals surface area contributed by atoms with E-state index in [4.69, 9.17) is 14.2 Å². The Kier molecular flexibility index (Phi) is 8.64. The van der Waals surface area contributed by atoms with Crippen LogP contribution in [0.4, 0.5) is 5.69 Å². The second-order valence-electron chi connectivity index (χ2n) is 10.0. The highest BCUT2D eigenvalue weighted by molar-refractivity contribution is 6.31. The average molecular weight is 565 g/mol. The molecule has 5 rings (SSSR count). The number of fused-ring (bicyclic) bond motifs is 2. The zero-order valence-electron chi connectivity index (χ0n) is 23.8. The maximum atomic E-state index is 13.2. The lowest BCUT2D eigenvalue weighted by atomic mass is 9.81. The van der Waals surface area contributed by atoms with Gasteiger partial charge in [0.2, 0.25) is 0 Å². The molecule has 0 radical (unpaired) electrons. The van der Waals surface area contributed by atoms with Gasteiger partial charge in [-0.15, -0.1) is 0 Å². The average Bonchev–Trinajstić information content (AvgIpc) is 3.02. The molecule has 0 saturated heterocycles. The molecule has 4 aromatic rings. The maximum Gasteiger partial charge on any atom is 0.256 e. The van der Waals surface area contributed by atoms with E-state index in [0.29, 0.717) is 34.9 Å². The van der Waals surface area contributed by atoms with Gasteiger partial charge in [-0.25, -0.2) is 0 Å². The number of amides is 1. The molecule has 1 N–H and O–H groups in total. The van der Waals surface area contributed by atoms with Gasteiger partial charge in [0.1, 0.15) is 12.4 Å². The number of methoxy groups -OCH3 is 2. The summed E-state index contributed by atoms with van der Waals surface area (Å²) in [7, 11) is 5.30. The summed E-state index contributed by atoms with van der Waals surface area (Å²) in [6.45, 7) is 2.09. The molecule has 0 unspecified atom stereocenters. The van der Waals surface area contributed by atoms with Crippen LogP contribution in [0.2, 0.25) is 0 Å². The third-order valence-corrected chi connectivity index (χ3v) is 7.28. The van der Waals surface area contributed by atoms with Crippen LogP contribution in [0.15, 0.2) is 84.9 Å². The van der Waals surface area contributed by atoms with Gasteiger partial charge in [0.05, 0.1) is 19.8 Å². The minimum atomic E-state index is -0.461. The number of likely N-dealkylation sites (N-methyl/N-ethyl adjacent to an activating group) is 1. The number of hydrogen-bond donors (Lipinski definition) is 1. The number of anilines is 1. The van der Waals surface area contributed by atoms with Gasteiger partial charge in [0.15, 0.2) is 23.1 Å². The van der Waals surface area contributed by atoms with Gasteiger partial charge >= 0.3 is 0 Å². The van der Waals surface area contributed by atoms with Crippen molar-refractivity contribution in [1.29, 1.82) is 0 Å². The Hall–Kier alpha value is -4.95. The number of ether oxygens (including phenoxy) is 3. The predicted octanol–water partition coefficient (Wildman–Crippen LogP) is 5.28. The van der Waals surface area contributed by atoms with E-state index in [1.165, 1.54) is 0 Å². The molecule has 4 aromatic carbocycles. The van der Waals surface area contributed by atoms with E-state index in [9.17, 15) is 14.4 Å². The fraction of sp³-hybridized carbons (Fsp3) is 0.206. The first-order chi connectivity index (χ1) is 20.4. The number of carbonyl (C=O) groups is 3. The van der Waals surface area contributed by atoms with Crippen LogP contribution in [-0.2, 0) is 6.42 Å². The van der Waals surface area contributed by atoms with E-state index in [-0.39, 0.29) is 28.3 Å². The van der Waals surface area contributed by atoms with Crippen LogP contribution >= 0.6 is 0 Å². The number of benzene rings is 4. The monoisotopic (exact) mass is 564 g/mol. The van der Waals surface area contributed by atoms with Gasteiger partial charge < -0.3 is 24.4 Å². The van der Waals surface area contributed by atoms with E-state index in [1.54, 1.807) is 80.9 Å². The van der Waals surface area contributed by atoms with Gasteiger partial charge in [0.25, 0.3) is 5.91 Å². The number of hydrogen-bond acceptors (Lipinski definition) is 7. The first kappa shape index (κ1) is 28.6. The topological polar surface area (TPSA) is 94.2 Å².